The highest BCUT2D eigenvalue weighted by Gasteiger charge is 2.30. The third-order valence-corrected chi connectivity index (χ3v) is 4.08. The van der Waals surface area contributed by atoms with Crippen LogP contribution in [0.15, 0.2) is 22.7 Å². The first kappa shape index (κ1) is 16.2. The van der Waals surface area contributed by atoms with Crippen LogP contribution in [0.4, 0.5) is 5.69 Å². The van der Waals surface area contributed by atoms with Crippen molar-refractivity contribution in [2.75, 3.05) is 19.0 Å². The number of benzene rings is 1. The number of ether oxygens (including phenoxy) is 1. The summed E-state index contributed by atoms with van der Waals surface area (Å²) in [5.74, 6) is 0.0418. The molecular formula is C13H14BrClN2O4. The minimum atomic E-state index is -0.522. The third kappa shape index (κ3) is 3.72. The average Bonchev–Trinajstić information content (AvgIpc) is 2.46. The van der Waals surface area contributed by atoms with E-state index in [1.165, 1.54) is 12.1 Å². The Balaban J connectivity index is 2.28. The molecule has 114 valence electrons. The lowest BCUT2D eigenvalue weighted by atomic mass is 10.1. The Morgan fingerprint density at radius 3 is 2.90 bits per heavy atom. The van der Waals surface area contributed by atoms with Crippen LogP contribution in [0.3, 0.4) is 0 Å². The van der Waals surface area contributed by atoms with Crippen LogP contribution in [0.2, 0.25) is 0 Å². The number of amides is 1. The van der Waals surface area contributed by atoms with Crippen molar-refractivity contribution in [3.63, 3.8) is 0 Å². The fourth-order valence-corrected chi connectivity index (χ4v) is 2.83. The lowest BCUT2D eigenvalue weighted by Gasteiger charge is -2.37. The van der Waals surface area contributed by atoms with Crippen molar-refractivity contribution in [2.24, 2.45) is 0 Å². The second-order valence-corrected chi connectivity index (χ2v) is 6.10. The standard InChI is InChI=1S/C13H14BrClN2O4/c1-8-7-21-12(5-15)6-16(8)13(18)9-2-10(14)4-11(3-9)17(19)20/h2-4,8,12H,5-7H2,1H3. The molecule has 1 aromatic rings. The molecule has 6 nitrogen and oxygen atoms in total. The van der Waals surface area contributed by atoms with Gasteiger partial charge in [0, 0.05) is 28.7 Å². The Kier molecular flexibility index (Phi) is 5.18. The van der Waals surface area contributed by atoms with Gasteiger partial charge >= 0.3 is 0 Å². The number of hydrogen-bond donors (Lipinski definition) is 0. The fourth-order valence-electron chi connectivity index (χ4n) is 2.16. The molecule has 0 radical (unpaired) electrons. The van der Waals surface area contributed by atoms with Crippen LogP contribution in [0, 0.1) is 10.1 Å². The quantitative estimate of drug-likeness (QED) is 0.461. The highest BCUT2D eigenvalue weighted by atomic mass is 79.9. The summed E-state index contributed by atoms with van der Waals surface area (Å²) in [5, 5.41) is 10.9. The topological polar surface area (TPSA) is 72.7 Å². The minimum Gasteiger partial charge on any atom is -0.373 e. The molecule has 1 saturated heterocycles. The van der Waals surface area contributed by atoms with Gasteiger partial charge < -0.3 is 9.64 Å². The van der Waals surface area contributed by atoms with Gasteiger partial charge in [-0.1, -0.05) is 15.9 Å². The van der Waals surface area contributed by atoms with Gasteiger partial charge in [0.05, 0.1) is 29.6 Å². The number of carbonyl (C=O) groups excluding carboxylic acids is 1. The Morgan fingerprint density at radius 1 is 1.57 bits per heavy atom. The molecule has 0 aromatic heterocycles. The summed E-state index contributed by atoms with van der Waals surface area (Å²) < 4.78 is 5.99. The lowest BCUT2D eigenvalue weighted by molar-refractivity contribution is -0.385. The van der Waals surface area contributed by atoms with Gasteiger partial charge in [-0.2, -0.15) is 0 Å². The van der Waals surface area contributed by atoms with E-state index in [1.807, 2.05) is 6.92 Å². The first-order valence-corrected chi connectivity index (χ1v) is 7.68. The number of alkyl halides is 1. The Morgan fingerprint density at radius 2 is 2.29 bits per heavy atom. The smallest absolute Gasteiger partial charge is 0.271 e. The van der Waals surface area contributed by atoms with Gasteiger partial charge in [0.15, 0.2) is 0 Å². The summed E-state index contributed by atoms with van der Waals surface area (Å²) in [7, 11) is 0. The second-order valence-electron chi connectivity index (χ2n) is 4.87. The largest absolute Gasteiger partial charge is 0.373 e. The maximum absolute atomic E-state index is 12.6. The van der Waals surface area contributed by atoms with Crippen molar-refractivity contribution in [1.82, 2.24) is 4.90 Å². The molecule has 0 N–H and O–H groups in total. The van der Waals surface area contributed by atoms with Crippen LogP contribution >= 0.6 is 27.5 Å². The molecule has 8 heteroatoms. The number of carbonyl (C=O) groups is 1. The number of morpholine rings is 1. The van der Waals surface area contributed by atoms with Crippen molar-refractivity contribution in [3.8, 4) is 0 Å². The Hall–Kier alpha value is -1.18. The zero-order valence-corrected chi connectivity index (χ0v) is 13.6. The third-order valence-electron chi connectivity index (χ3n) is 3.28. The Labute approximate surface area is 135 Å². The van der Waals surface area contributed by atoms with Crippen molar-refractivity contribution >= 4 is 39.1 Å². The van der Waals surface area contributed by atoms with Gasteiger partial charge in [0.2, 0.25) is 0 Å². The van der Waals surface area contributed by atoms with Crippen molar-refractivity contribution in [1.29, 1.82) is 0 Å². The number of nitro benzene ring substituents is 1. The van der Waals surface area contributed by atoms with E-state index in [0.29, 0.717) is 23.5 Å². The van der Waals surface area contributed by atoms with Crippen molar-refractivity contribution in [3.05, 3.63) is 38.3 Å². The van der Waals surface area contributed by atoms with Gasteiger partial charge in [-0.15, -0.1) is 11.6 Å². The summed E-state index contributed by atoms with van der Waals surface area (Å²) in [5.41, 5.74) is 0.153. The number of nitro groups is 1. The molecule has 0 aliphatic carbocycles. The molecule has 1 aromatic carbocycles. The van der Waals surface area contributed by atoms with Crippen molar-refractivity contribution in [2.45, 2.75) is 19.1 Å². The monoisotopic (exact) mass is 376 g/mol. The second kappa shape index (κ2) is 6.72. The van der Waals surface area contributed by atoms with Gasteiger partial charge in [0.25, 0.3) is 11.6 Å². The SMILES string of the molecule is CC1COC(CCl)CN1C(=O)c1cc(Br)cc([N+](=O)[O-])c1. The lowest BCUT2D eigenvalue weighted by Crippen LogP contribution is -2.51. The average molecular weight is 378 g/mol. The van der Waals surface area contributed by atoms with E-state index >= 15 is 0 Å². The molecule has 0 saturated carbocycles. The van der Waals surface area contributed by atoms with Crippen LogP contribution in [0.5, 0.6) is 0 Å². The van der Waals surface area contributed by atoms with E-state index in [2.05, 4.69) is 15.9 Å². The van der Waals surface area contributed by atoms with Gasteiger partial charge in [-0.05, 0) is 13.0 Å². The maximum atomic E-state index is 12.6. The highest BCUT2D eigenvalue weighted by Crippen LogP contribution is 2.24. The van der Waals surface area contributed by atoms with Gasteiger partial charge in [-0.25, -0.2) is 0 Å². The van der Waals surface area contributed by atoms with E-state index in [9.17, 15) is 14.9 Å². The van der Waals surface area contributed by atoms with Crippen LogP contribution < -0.4 is 0 Å². The van der Waals surface area contributed by atoms with E-state index in [-0.39, 0.29) is 29.3 Å². The molecule has 2 unspecified atom stereocenters. The summed E-state index contributed by atoms with van der Waals surface area (Å²) in [4.78, 5) is 24.6. The van der Waals surface area contributed by atoms with Crippen LogP contribution in [-0.4, -0.2) is 46.9 Å². The predicted octanol–water partition coefficient (Wildman–Crippen LogP) is 2.83. The molecule has 1 amide bonds. The molecule has 1 heterocycles. The maximum Gasteiger partial charge on any atom is 0.271 e. The fraction of sp³-hybridized carbons (Fsp3) is 0.462. The van der Waals surface area contributed by atoms with Gasteiger partial charge in [0.1, 0.15) is 0 Å². The summed E-state index contributed by atoms with van der Waals surface area (Å²) in [6.07, 6.45) is -0.214. The molecule has 2 atom stereocenters. The molecule has 1 aliphatic heterocycles. The molecular weight excluding hydrogens is 364 g/mol. The number of nitrogens with zero attached hydrogens (tertiary/aromatic N) is 2. The van der Waals surface area contributed by atoms with Gasteiger partial charge in [-0.3, -0.25) is 14.9 Å². The number of hydrogen-bond acceptors (Lipinski definition) is 4. The van der Waals surface area contributed by atoms with E-state index in [4.69, 9.17) is 16.3 Å². The molecule has 0 spiro atoms. The first-order chi connectivity index (χ1) is 9.92. The van der Waals surface area contributed by atoms with Crippen LogP contribution in [0.25, 0.3) is 0 Å². The highest BCUT2D eigenvalue weighted by molar-refractivity contribution is 9.10. The van der Waals surface area contributed by atoms with Crippen LogP contribution in [0.1, 0.15) is 17.3 Å². The number of halogens is 2. The summed E-state index contributed by atoms with van der Waals surface area (Å²) in [6.45, 7) is 2.65. The minimum absolute atomic E-state index is 0.102. The van der Waals surface area contributed by atoms with Crippen molar-refractivity contribution < 1.29 is 14.5 Å². The molecule has 1 fully saturated rings. The molecule has 2 rings (SSSR count). The number of rotatable bonds is 3. The summed E-state index contributed by atoms with van der Waals surface area (Å²) >= 11 is 8.97. The zero-order chi connectivity index (χ0) is 15.6. The molecule has 0 bridgehead atoms. The molecule has 21 heavy (non-hydrogen) atoms. The predicted molar refractivity (Wildman–Crippen MR) is 81.8 cm³/mol. The van der Waals surface area contributed by atoms with Crippen LogP contribution in [-0.2, 0) is 4.74 Å². The zero-order valence-electron chi connectivity index (χ0n) is 11.3. The van der Waals surface area contributed by atoms with E-state index in [0.717, 1.165) is 0 Å². The summed E-state index contributed by atoms with van der Waals surface area (Å²) in [6, 6.07) is 4.12. The first-order valence-electron chi connectivity index (χ1n) is 6.36. The normalized spacial score (nSPS) is 22.1. The molecule has 1 aliphatic rings. The van der Waals surface area contributed by atoms with E-state index < -0.39 is 4.92 Å². The number of non-ortho nitro benzene ring substituents is 1. The van der Waals surface area contributed by atoms with E-state index in [1.54, 1.807) is 11.0 Å². The Bertz CT molecular complexity index is 569.